The summed E-state index contributed by atoms with van der Waals surface area (Å²) in [5.74, 6) is 0.524. The molecule has 0 atom stereocenters. The summed E-state index contributed by atoms with van der Waals surface area (Å²) in [4.78, 5) is 19.9. The molecule has 3 N–H and O–H groups in total. The fraction of sp³-hybridized carbons (Fsp3) is 0.158. The Morgan fingerprint density at radius 3 is 2.76 bits per heavy atom. The smallest absolute Gasteiger partial charge is 0.266 e. The van der Waals surface area contributed by atoms with Gasteiger partial charge in [-0.15, -0.1) is 11.3 Å². The lowest BCUT2D eigenvalue weighted by atomic mass is 10.1. The van der Waals surface area contributed by atoms with Crippen LogP contribution in [0.1, 0.15) is 19.4 Å². The highest BCUT2D eigenvalue weighted by Gasteiger charge is 2.14. The molecule has 2 heterocycles. The van der Waals surface area contributed by atoms with Crippen molar-refractivity contribution in [2.24, 2.45) is 10.7 Å². The minimum absolute atomic E-state index is 0.0589. The normalized spacial score (nSPS) is 12.7. The number of aromatic nitrogens is 1. The number of pyridine rings is 1. The molecule has 0 amide bonds. The minimum atomic E-state index is -0.0589. The summed E-state index contributed by atoms with van der Waals surface area (Å²) in [6.45, 7) is 3.99. The Morgan fingerprint density at radius 2 is 2.00 bits per heavy atom. The topological polar surface area (TPSA) is 71.2 Å². The van der Waals surface area contributed by atoms with Crippen LogP contribution in [0.2, 0.25) is 0 Å². The number of amidine groups is 1. The Bertz CT molecular complexity index is 1220. The first-order valence-corrected chi connectivity index (χ1v) is 9.56. The number of fused-ring (bicyclic) bond motifs is 5. The maximum Gasteiger partial charge on any atom is 0.266 e. The Morgan fingerprint density at radius 1 is 1.20 bits per heavy atom. The van der Waals surface area contributed by atoms with Gasteiger partial charge in [0.25, 0.3) is 5.56 Å². The van der Waals surface area contributed by atoms with Crippen molar-refractivity contribution in [3.05, 3.63) is 56.8 Å². The average molecular weight is 414 g/mol. The zero-order valence-corrected chi connectivity index (χ0v) is 16.2. The van der Waals surface area contributed by atoms with Crippen LogP contribution in [0.25, 0.3) is 31.1 Å². The van der Waals surface area contributed by atoms with Gasteiger partial charge in [0.1, 0.15) is 10.5 Å². The largest absolute Gasteiger partial charge is 0.383 e. The van der Waals surface area contributed by atoms with Crippen LogP contribution in [0.15, 0.2) is 50.7 Å². The van der Waals surface area contributed by atoms with Crippen molar-refractivity contribution in [2.75, 3.05) is 0 Å². The van der Waals surface area contributed by atoms with E-state index in [1.54, 1.807) is 0 Å². The van der Waals surface area contributed by atoms with Gasteiger partial charge in [-0.3, -0.25) is 9.79 Å². The Hall–Kier alpha value is -2.18. The molecule has 0 aliphatic rings. The van der Waals surface area contributed by atoms with Crippen LogP contribution in [0.3, 0.4) is 0 Å². The van der Waals surface area contributed by atoms with Gasteiger partial charge in [-0.05, 0) is 38.1 Å². The van der Waals surface area contributed by atoms with Gasteiger partial charge >= 0.3 is 0 Å². The van der Waals surface area contributed by atoms with Gasteiger partial charge < -0.3 is 10.7 Å². The van der Waals surface area contributed by atoms with Crippen LogP contribution >= 0.6 is 27.3 Å². The number of H-pyrrole nitrogens is 1. The molecule has 25 heavy (non-hydrogen) atoms. The SMILES string of the molecule is CC(C)N=C(N)c1ccc2c(c1)sc1c(=O)[nH]c3ccc(Br)cc3c12. The van der Waals surface area contributed by atoms with Crippen LogP contribution in [-0.2, 0) is 0 Å². The predicted octanol–water partition coefficient (Wildman–Crippen LogP) is 4.77. The molecule has 0 aliphatic heterocycles. The molecule has 0 radical (unpaired) electrons. The number of benzene rings is 2. The second kappa shape index (κ2) is 5.97. The third-order valence-corrected chi connectivity index (χ3v) is 5.73. The quantitative estimate of drug-likeness (QED) is 0.366. The van der Waals surface area contributed by atoms with Crippen molar-refractivity contribution in [2.45, 2.75) is 19.9 Å². The summed E-state index contributed by atoms with van der Waals surface area (Å²) >= 11 is 5.01. The van der Waals surface area contributed by atoms with E-state index in [4.69, 9.17) is 5.73 Å². The number of hydrogen-bond donors (Lipinski definition) is 2. The fourth-order valence-corrected chi connectivity index (χ4v) is 4.56. The van der Waals surface area contributed by atoms with Crippen LogP contribution < -0.4 is 11.3 Å². The lowest BCUT2D eigenvalue weighted by molar-refractivity contribution is 0.834. The number of thiophene rings is 1. The number of rotatable bonds is 2. The molecule has 2 aromatic heterocycles. The van der Waals surface area contributed by atoms with E-state index < -0.39 is 0 Å². The third-order valence-electron chi connectivity index (χ3n) is 4.09. The van der Waals surface area contributed by atoms with Gasteiger partial charge in [-0.2, -0.15) is 0 Å². The zero-order valence-electron chi connectivity index (χ0n) is 13.8. The van der Waals surface area contributed by atoms with Crippen LogP contribution in [0.5, 0.6) is 0 Å². The summed E-state index contributed by atoms with van der Waals surface area (Å²) in [5.41, 5.74) is 7.77. The maximum absolute atomic E-state index is 12.5. The Balaban J connectivity index is 2.08. The van der Waals surface area contributed by atoms with E-state index in [2.05, 4.69) is 25.9 Å². The molecule has 126 valence electrons. The first-order chi connectivity index (χ1) is 11.9. The van der Waals surface area contributed by atoms with Crippen molar-refractivity contribution in [3.8, 4) is 0 Å². The van der Waals surface area contributed by atoms with Crippen LogP contribution in [0.4, 0.5) is 0 Å². The maximum atomic E-state index is 12.5. The van der Waals surface area contributed by atoms with Crippen molar-refractivity contribution in [1.29, 1.82) is 0 Å². The van der Waals surface area contributed by atoms with Gasteiger partial charge in [0.2, 0.25) is 0 Å². The molecule has 4 nitrogen and oxygen atoms in total. The molecular formula is C19H16BrN3OS. The molecule has 2 aromatic carbocycles. The molecule has 0 aliphatic carbocycles. The fourth-order valence-electron chi connectivity index (χ4n) is 3.05. The van der Waals surface area contributed by atoms with E-state index in [0.29, 0.717) is 5.84 Å². The summed E-state index contributed by atoms with van der Waals surface area (Å²) in [6.07, 6.45) is 0. The summed E-state index contributed by atoms with van der Waals surface area (Å²) in [6, 6.07) is 12.1. The number of aliphatic imine (C=N–C) groups is 1. The molecule has 4 rings (SSSR count). The van der Waals surface area contributed by atoms with Crippen molar-refractivity contribution < 1.29 is 0 Å². The van der Waals surface area contributed by atoms with E-state index in [1.807, 2.05) is 50.2 Å². The number of halogens is 1. The summed E-state index contributed by atoms with van der Waals surface area (Å²) < 4.78 is 2.75. The first kappa shape index (κ1) is 16.3. The number of nitrogens with zero attached hydrogens (tertiary/aromatic N) is 1. The summed E-state index contributed by atoms with van der Waals surface area (Å²) in [5, 5.41) is 3.09. The highest BCUT2D eigenvalue weighted by molar-refractivity contribution is 9.10. The molecule has 0 saturated heterocycles. The van der Waals surface area contributed by atoms with Gasteiger partial charge in [0.15, 0.2) is 0 Å². The number of nitrogens with two attached hydrogens (primary N) is 1. The lowest BCUT2D eigenvalue weighted by Crippen LogP contribution is -2.15. The lowest BCUT2D eigenvalue weighted by Gasteiger charge is -2.04. The number of nitrogens with one attached hydrogen (secondary N) is 1. The van der Waals surface area contributed by atoms with Gasteiger partial charge in [0.05, 0.1) is 0 Å². The first-order valence-electron chi connectivity index (χ1n) is 7.95. The molecule has 0 fully saturated rings. The summed E-state index contributed by atoms with van der Waals surface area (Å²) in [7, 11) is 0. The monoisotopic (exact) mass is 413 g/mol. The zero-order chi connectivity index (χ0) is 17.7. The molecule has 0 saturated carbocycles. The number of hydrogen-bond acceptors (Lipinski definition) is 3. The molecule has 4 aromatic rings. The highest BCUT2D eigenvalue weighted by atomic mass is 79.9. The second-order valence-electron chi connectivity index (χ2n) is 6.27. The van der Waals surface area contributed by atoms with E-state index in [9.17, 15) is 4.79 Å². The van der Waals surface area contributed by atoms with Crippen molar-refractivity contribution in [3.63, 3.8) is 0 Å². The molecule has 0 spiro atoms. The van der Waals surface area contributed by atoms with E-state index in [1.165, 1.54) is 11.3 Å². The number of aromatic amines is 1. The van der Waals surface area contributed by atoms with E-state index in [0.717, 1.165) is 41.1 Å². The molecule has 0 unspecified atom stereocenters. The molecule has 0 bridgehead atoms. The second-order valence-corrected chi connectivity index (χ2v) is 8.24. The standard InChI is InChI=1S/C19H16BrN3OS/c1-9(2)22-18(21)10-3-5-12-15(7-10)25-17-16(12)13-8-11(20)4-6-14(13)23-19(17)24/h3-9H,1-2H3,(H2,21,22)(H,23,24). The van der Waals surface area contributed by atoms with Crippen LogP contribution in [0, 0.1) is 0 Å². The van der Waals surface area contributed by atoms with Crippen molar-refractivity contribution in [1.82, 2.24) is 4.98 Å². The minimum Gasteiger partial charge on any atom is -0.383 e. The van der Waals surface area contributed by atoms with E-state index in [-0.39, 0.29) is 11.6 Å². The Kier molecular flexibility index (Phi) is 3.89. The van der Waals surface area contributed by atoms with Gasteiger partial charge in [-0.1, -0.05) is 28.1 Å². The average Bonchev–Trinajstić information content (AvgIpc) is 2.94. The van der Waals surface area contributed by atoms with Gasteiger partial charge in [0, 0.05) is 42.5 Å². The Labute approximate surface area is 156 Å². The van der Waals surface area contributed by atoms with E-state index >= 15 is 0 Å². The van der Waals surface area contributed by atoms with Crippen LogP contribution in [-0.4, -0.2) is 16.9 Å². The molecular weight excluding hydrogens is 398 g/mol. The highest BCUT2D eigenvalue weighted by Crippen LogP contribution is 2.37. The third kappa shape index (κ3) is 2.75. The predicted molar refractivity (Wildman–Crippen MR) is 111 cm³/mol. The molecule has 6 heteroatoms. The van der Waals surface area contributed by atoms with Crippen molar-refractivity contribution >= 4 is 64.2 Å². The van der Waals surface area contributed by atoms with Gasteiger partial charge in [-0.25, -0.2) is 0 Å².